The zero-order chi connectivity index (χ0) is 14.7. The van der Waals surface area contributed by atoms with Crippen LogP contribution in [0, 0.1) is 0 Å². The third kappa shape index (κ3) is 3.23. The summed E-state index contributed by atoms with van der Waals surface area (Å²) in [4.78, 5) is 20.0. The summed E-state index contributed by atoms with van der Waals surface area (Å²) < 4.78 is 5.51. The molecule has 6 nitrogen and oxygen atoms in total. The zero-order valence-corrected chi connectivity index (χ0v) is 12.4. The van der Waals surface area contributed by atoms with Crippen LogP contribution in [0.15, 0.2) is 18.3 Å². The minimum absolute atomic E-state index is 0.119. The van der Waals surface area contributed by atoms with Gasteiger partial charge in [-0.3, -0.25) is 9.78 Å². The van der Waals surface area contributed by atoms with Crippen molar-refractivity contribution in [3.8, 4) is 0 Å². The Hall–Kier alpha value is -1.73. The fraction of sp³-hybridized carbons (Fsp3) is 0.462. The van der Waals surface area contributed by atoms with Crippen molar-refractivity contribution in [3.63, 3.8) is 0 Å². The topological polar surface area (TPSA) is 71.7 Å². The highest BCUT2D eigenvalue weighted by molar-refractivity contribution is 7.80. The molecule has 7 heteroatoms. The molecule has 108 valence electrons. The number of hydrogen-bond acceptors (Lipinski definition) is 5. The van der Waals surface area contributed by atoms with Gasteiger partial charge >= 0.3 is 0 Å². The van der Waals surface area contributed by atoms with Crippen LogP contribution in [0.2, 0.25) is 0 Å². The second-order valence-electron chi connectivity index (χ2n) is 4.81. The Morgan fingerprint density at radius 3 is 3.00 bits per heavy atom. The number of ether oxygens (including phenoxy) is 1. The van der Waals surface area contributed by atoms with Crippen LogP contribution in [-0.4, -0.2) is 60.7 Å². The summed E-state index contributed by atoms with van der Waals surface area (Å²) in [6.07, 6.45) is 1.39. The molecule has 1 aliphatic heterocycles. The van der Waals surface area contributed by atoms with E-state index in [1.165, 1.54) is 4.90 Å². The number of carbonyl (C=O) groups excluding carboxylic acids is 1. The molecule has 1 aromatic rings. The van der Waals surface area contributed by atoms with Crippen molar-refractivity contribution in [1.29, 1.82) is 0 Å². The number of thiocarbonyl (C=S) groups is 1. The average Bonchev–Trinajstić information content (AvgIpc) is 2.46. The summed E-state index contributed by atoms with van der Waals surface area (Å²) in [6, 6.07) is 3.65. The molecule has 0 bridgehead atoms. The van der Waals surface area contributed by atoms with E-state index in [2.05, 4.69) is 9.88 Å². The number of nitrogens with zero attached hydrogens (tertiary/aromatic N) is 3. The van der Waals surface area contributed by atoms with Gasteiger partial charge in [0.15, 0.2) is 0 Å². The first-order chi connectivity index (χ1) is 9.49. The van der Waals surface area contributed by atoms with Gasteiger partial charge in [0.05, 0.1) is 13.2 Å². The van der Waals surface area contributed by atoms with Crippen LogP contribution in [0.25, 0.3) is 0 Å². The van der Waals surface area contributed by atoms with Gasteiger partial charge in [0.25, 0.3) is 5.91 Å². The van der Waals surface area contributed by atoms with Crippen LogP contribution in [-0.2, 0) is 4.74 Å². The monoisotopic (exact) mass is 294 g/mol. The number of carbonyl (C=O) groups is 1. The van der Waals surface area contributed by atoms with Crippen molar-refractivity contribution in [2.24, 2.45) is 5.73 Å². The van der Waals surface area contributed by atoms with Gasteiger partial charge in [-0.1, -0.05) is 12.2 Å². The maximum Gasteiger partial charge on any atom is 0.272 e. The molecule has 20 heavy (non-hydrogen) atoms. The number of anilines is 1. The molecule has 2 rings (SSSR count). The van der Waals surface area contributed by atoms with Crippen LogP contribution in [0.4, 0.5) is 5.69 Å². The number of aromatic nitrogens is 1. The largest absolute Gasteiger partial charge is 0.391 e. The number of hydrogen-bond donors (Lipinski definition) is 1. The Morgan fingerprint density at radius 2 is 2.35 bits per heavy atom. The summed E-state index contributed by atoms with van der Waals surface area (Å²) >= 11 is 4.97. The lowest BCUT2D eigenvalue weighted by Crippen LogP contribution is -2.47. The molecule has 0 spiro atoms. The molecule has 1 aliphatic rings. The van der Waals surface area contributed by atoms with Crippen molar-refractivity contribution in [2.75, 3.05) is 38.7 Å². The third-order valence-corrected chi connectivity index (χ3v) is 3.38. The predicted octanol–water partition coefficient (Wildman–Crippen LogP) is 0.275. The molecule has 2 heterocycles. The first-order valence-corrected chi connectivity index (χ1v) is 6.73. The van der Waals surface area contributed by atoms with Crippen LogP contribution in [0.1, 0.15) is 10.5 Å². The molecule has 2 N–H and O–H groups in total. The van der Waals surface area contributed by atoms with E-state index in [4.69, 9.17) is 22.7 Å². The normalized spacial score (nSPS) is 18.7. The van der Waals surface area contributed by atoms with E-state index in [0.29, 0.717) is 23.8 Å². The Balaban J connectivity index is 2.18. The Bertz CT molecular complexity index is 521. The third-order valence-electron chi connectivity index (χ3n) is 3.12. The van der Waals surface area contributed by atoms with Gasteiger partial charge in [0.1, 0.15) is 16.8 Å². The number of morpholine rings is 1. The van der Waals surface area contributed by atoms with E-state index in [-0.39, 0.29) is 12.0 Å². The maximum atomic E-state index is 11.9. The van der Waals surface area contributed by atoms with E-state index in [1.54, 1.807) is 26.4 Å². The fourth-order valence-corrected chi connectivity index (χ4v) is 2.16. The first-order valence-electron chi connectivity index (χ1n) is 6.32. The second-order valence-corrected chi connectivity index (χ2v) is 5.28. The molecular formula is C13H18N4O2S. The van der Waals surface area contributed by atoms with Crippen LogP contribution in [0.5, 0.6) is 0 Å². The van der Waals surface area contributed by atoms with Crippen molar-refractivity contribution in [1.82, 2.24) is 9.88 Å². The lowest BCUT2D eigenvalue weighted by atomic mass is 10.2. The van der Waals surface area contributed by atoms with Crippen molar-refractivity contribution >= 4 is 28.8 Å². The maximum absolute atomic E-state index is 11.9. The molecule has 1 saturated heterocycles. The summed E-state index contributed by atoms with van der Waals surface area (Å²) in [5, 5.41) is 0. The van der Waals surface area contributed by atoms with Gasteiger partial charge in [0.2, 0.25) is 0 Å². The van der Waals surface area contributed by atoms with Gasteiger partial charge in [-0.25, -0.2) is 0 Å². The molecule has 1 atom stereocenters. The second kappa shape index (κ2) is 6.15. The van der Waals surface area contributed by atoms with E-state index in [0.717, 1.165) is 12.2 Å². The highest BCUT2D eigenvalue weighted by atomic mass is 32.1. The average molecular weight is 294 g/mol. The van der Waals surface area contributed by atoms with Gasteiger partial charge in [-0.2, -0.15) is 0 Å². The molecule has 1 amide bonds. The van der Waals surface area contributed by atoms with Crippen molar-refractivity contribution < 1.29 is 9.53 Å². The summed E-state index contributed by atoms with van der Waals surface area (Å²) in [6.45, 7) is 1.88. The van der Waals surface area contributed by atoms with Crippen LogP contribution >= 0.6 is 12.2 Å². The van der Waals surface area contributed by atoms with Crippen LogP contribution < -0.4 is 10.6 Å². The Labute approximate surface area is 123 Å². The summed E-state index contributed by atoms with van der Waals surface area (Å²) in [5.74, 6) is -0.119. The van der Waals surface area contributed by atoms with E-state index < -0.39 is 0 Å². The Morgan fingerprint density at radius 1 is 1.60 bits per heavy atom. The van der Waals surface area contributed by atoms with E-state index in [9.17, 15) is 4.79 Å². The minimum atomic E-state index is -0.250. The smallest absolute Gasteiger partial charge is 0.272 e. The number of pyridine rings is 1. The van der Waals surface area contributed by atoms with E-state index in [1.807, 2.05) is 6.07 Å². The van der Waals surface area contributed by atoms with Gasteiger partial charge < -0.3 is 20.3 Å². The zero-order valence-electron chi connectivity index (χ0n) is 11.6. The highest BCUT2D eigenvalue weighted by Crippen LogP contribution is 2.18. The molecule has 1 unspecified atom stereocenters. The van der Waals surface area contributed by atoms with Crippen molar-refractivity contribution in [3.05, 3.63) is 24.0 Å². The fourth-order valence-electron chi connectivity index (χ4n) is 2.02. The number of amides is 1. The molecule has 1 fully saturated rings. The standard InChI is InChI=1S/C13H18N4O2S/c1-16(2)13(18)10-7-9(3-4-15-10)17-5-6-19-11(8-17)12(14)20/h3-4,7,11H,5-6,8H2,1-2H3,(H2,14,20). The number of rotatable bonds is 3. The summed E-state index contributed by atoms with van der Waals surface area (Å²) in [5.41, 5.74) is 6.98. The predicted molar refractivity (Wildman–Crippen MR) is 81.0 cm³/mol. The molecular weight excluding hydrogens is 276 g/mol. The molecule has 1 aromatic heterocycles. The molecule has 0 aliphatic carbocycles. The first kappa shape index (κ1) is 14.7. The van der Waals surface area contributed by atoms with Gasteiger partial charge in [-0.05, 0) is 12.1 Å². The SMILES string of the molecule is CN(C)C(=O)c1cc(N2CCOC(C(N)=S)C2)ccn1. The van der Waals surface area contributed by atoms with Gasteiger partial charge in [0, 0.05) is 32.5 Å². The van der Waals surface area contributed by atoms with E-state index >= 15 is 0 Å². The lowest BCUT2D eigenvalue weighted by molar-refractivity contribution is 0.0821. The Kier molecular flexibility index (Phi) is 4.51. The lowest BCUT2D eigenvalue weighted by Gasteiger charge is -2.34. The van der Waals surface area contributed by atoms with Crippen molar-refractivity contribution in [2.45, 2.75) is 6.10 Å². The quantitative estimate of drug-likeness (QED) is 0.807. The van der Waals surface area contributed by atoms with Gasteiger partial charge in [-0.15, -0.1) is 0 Å². The molecule has 0 aromatic carbocycles. The molecule has 0 saturated carbocycles. The molecule has 0 radical (unpaired) electrons. The highest BCUT2D eigenvalue weighted by Gasteiger charge is 2.23. The minimum Gasteiger partial charge on any atom is -0.391 e. The number of nitrogens with two attached hydrogens (primary N) is 1. The summed E-state index contributed by atoms with van der Waals surface area (Å²) in [7, 11) is 3.41. The van der Waals surface area contributed by atoms with Crippen LogP contribution in [0.3, 0.4) is 0 Å².